The first kappa shape index (κ1) is 16.9. The van der Waals surface area contributed by atoms with Gasteiger partial charge in [0.25, 0.3) is 0 Å². The van der Waals surface area contributed by atoms with Crippen LogP contribution in [-0.2, 0) is 16.1 Å². The van der Waals surface area contributed by atoms with Crippen LogP contribution in [0.25, 0.3) is 0 Å². The van der Waals surface area contributed by atoms with E-state index in [1.165, 1.54) is 19.4 Å². The molecule has 0 aliphatic heterocycles. The molecule has 7 nitrogen and oxygen atoms in total. The Hall–Kier alpha value is -3.47. The monoisotopic (exact) mass is 328 g/mol. The van der Waals surface area contributed by atoms with E-state index in [9.17, 15) is 14.0 Å². The summed E-state index contributed by atoms with van der Waals surface area (Å²) in [4.78, 5) is 27.6. The van der Waals surface area contributed by atoms with E-state index in [1.807, 2.05) is 0 Å². The third-order valence-electron chi connectivity index (χ3n) is 3.03. The average molecular weight is 328 g/mol. The van der Waals surface area contributed by atoms with Crippen LogP contribution in [0.15, 0.2) is 36.5 Å². The summed E-state index contributed by atoms with van der Waals surface area (Å²) in [5.41, 5.74) is 0.523. The van der Waals surface area contributed by atoms with E-state index in [0.29, 0.717) is 11.4 Å². The van der Waals surface area contributed by atoms with E-state index in [4.69, 9.17) is 10.00 Å². The van der Waals surface area contributed by atoms with Crippen LogP contribution < -0.4 is 15.4 Å². The maximum Gasteiger partial charge on any atom is 0.313 e. The third kappa shape index (κ3) is 4.04. The summed E-state index contributed by atoms with van der Waals surface area (Å²) in [5, 5.41) is 13.5. The molecule has 0 spiro atoms. The summed E-state index contributed by atoms with van der Waals surface area (Å²) in [5.74, 6) is -2.18. The van der Waals surface area contributed by atoms with Gasteiger partial charge in [0.15, 0.2) is 0 Å². The van der Waals surface area contributed by atoms with Gasteiger partial charge in [-0.3, -0.25) is 9.59 Å². The van der Waals surface area contributed by atoms with Crippen LogP contribution in [0.5, 0.6) is 5.88 Å². The molecule has 1 aromatic heterocycles. The molecule has 0 saturated heterocycles. The molecule has 2 aromatic rings. The van der Waals surface area contributed by atoms with Crippen molar-refractivity contribution < 1.29 is 18.7 Å². The van der Waals surface area contributed by atoms with Crippen molar-refractivity contribution in [1.29, 1.82) is 5.26 Å². The van der Waals surface area contributed by atoms with Gasteiger partial charge in [-0.2, -0.15) is 5.26 Å². The lowest BCUT2D eigenvalue weighted by Crippen LogP contribution is -2.35. The summed E-state index contributed by atoms with van der Waals surface area (Å²) in [6, 6.07) is 8.45. The number of anilines is 1. The maximum absolute atomic E-state index is 13.2. The van der Waals surface area contributed by atoms with Crippen LogP contribution in [0.1, 0.15) is 11.1 Å². The van der Waals surface area contributed by atoms with Gasteiger partial charge in [0, 0.05) is 24.0 Å². The largest absolute Gasteiger partial charge is 0.481 e. The van der Waals surface area contributed by atoms with Crippen LogP contribution in [0.2, 0.25) is 0 Å². The highest BCUT2D eigenvalue weighted by molar-refractivity contribution is 6.39. The fraction of sp³-hybridized carbons (Fsp3) is 0.125. The van der Waals surface area contributed by atoms with Crippen LogP contribution >= 0.6 is 0 Å². The normalized spacial score (nSPS) is 9.71. The van der Waals surface area contributed by atoms with Gasteiger partial charge in [0.05, 0.1) is 12.7 Å². The number of carbonyl (C=O) groups excluding carboxylic acids is 2. The van der Waals surface area contributed by atoms with Gasteiger partial charge < -0.3 is 15.4 Å². The van der Waals surface area contributed by atoms with Crippen molar-refractivity contribution >= 4 is 17.5 Å². The van der Waals surface area contributed by atoms with Gasteiger partial charge in [0.1, 0.15) is 11.9 Å². The topological polar surface area (TPSA) is 104 Å². The predicted octanol–water partition coefficient (Wildman–Crippen LogP) is 1.36. The van der Waals surface area contributed by atoms with Crippen molar-refractivity contribution in [3.8, 4) is 11.9 Å². The van der Waals surface area contributed by atoms with Crippen LogP contribution in [0.4, 0.5) is 10.1 Å². The van der Waals surface area contributed by atoms with E-state index in [0.717, 1.165) is 12.1 Å². The molecule has 0 aliphatic carbocycles. The highest BCUT2D eigenvalue weighted by atomic mass is 19.1. The van der Waals surface area contributed by atoms with Crippen molar-refractivity contribution in [2.45, 2.75) is 6.54 Å². The second kappa shape index (κ2) is 7.69. The standard InChI is InChI=1S/C16H13FN4O3/c1-24-16-10(3-2-6-19-16)9-20-14(22)15(23)21-12-4-5-13(17)11(7-12)8-18/h2-7H,9H2,1H3,(H,20,22)(H,21,23). The van der Waals surface area contributed by atoms with Crippen molar-refractivity contribution in [2.75, 3.05) is 12.4 Å². The fourth-order valence-electron chi connectivity index (χ4n) is 1.87. The number of pyridine rings is 1. The van der Waals surface area contributed by atoms with Crippen LogP contribution in [0, 0.1) is 17.1 Å². The molecule has 0 radical (unpaired) electrons. The summed E-state index contributed by atoms with van der Waals surface area (Å²) in [6.07, 6.45) is 1.54. The number of nitrogens with one attached hydrogen (secondary N) is 2. The number of hydrogen-bond donors (Lipinski definition) is 2. The molecule has 0 atom stereocenters. The SMILES string of the molecule is COc1ncccc1CNC(=O)C(=O)Nc1ccc(F)c(C#N)c1. The molecule has 8 heteroatoms. The molecule has 0 aliphatic rings. The minimum atomic E-state index is -0.937. The van der Waals surface area contributed by atoms with Crippen molar-refractivity contribution in [3.63, 3.8) is 0 Å². The molecule has 0 unspecified atom stereocenters. The van der Waals surface area contributed by atoms with Gasteiger partial charge in [-0.15, -0.1) is 0 Å². The average Bonchev–Trinajstić information content (AvgIpc) is 2.61. The number of benzene rings is 1. The summed E-state index contributed by atoms with van der Waals surface area (Å²) in [6.45, 7) is 0.0517. The Balaban J connectivity index is 1.98. The number of amides is 2. The number of halogens is 1. The number of nitrogens with zero attached hydrogens (tertiary/aromatic N) is 2. The van der Waals surface area contributed by atoms with E-state index in [1.54, 1.807) is 18.2 Å². The second-order valence-electron chi connectivity index (χ2n) is 4.62. The molecule has 1 heterocycles. The van der Waals surface area contributed by atoms with Gasteiger partial charge in [0.2, 0.25) is 5.88 Å². The lowest BCUT2D eigenvalue weighted by Gasteiger charge is -2.09. The number of carbonyl (C=O) groups is 2. The first-order valence-corrected chi connectivity index (χ1v) is 6.82. The summed E-state index contributed by atoms with van der Waals surface area (Å²) >= 11 is 0. The number of ether oxygens (including phenoxy) is 1. The first-order chi connectivity index (χ1) is 11.5. The zero-order valence-electron chi connectivity index (χ0n) is 12.7. The molecule has 2 amide bonds. The van der Waals surface area contributed by atoms with Gasteiger partial charge in [-0.25, -0.2) is 9.37 Å². The quantitative estimate of drug-likeness (QED) is 0.825. The van der Waals surface area contributed by atoms with Crippen LogP contribution in [0.3, 0.4) is 0 Å². The molecular formula is C16H13FN4O3. The predicted molar refractivity (Wildman–Crippen MR) is 82.4 cm³/mol. The first-order valence-electron chi connectivity index (χ1n) is 6.82. The molecule has 0 fully saturated rings. The number of rotatable bonds is 4. The second-order valence-corrected chi connectivity index (χ2v) is 4.62. The zero-order valence-corrected chi connectivity index (χ0v) is 12.7. The van der Waals surface area contributed by atoms with Gasteiger partial charge in [-0.05, 0) is 24.3 Å². The van der Waals surface area contributed by atoms with Gasteiger partial charge >= 0.3 is 11.8 Å². The Morgan fingerprint density at radius 1 is 1.33 bits per heavy atom. The van der Waals surface area contributed by atoms with Crippen LogP contribution in [-0.4, -0.2) is 23.9 Å². The van der Waals surface area contributed by atoms with Crippen molar-refractivity contribution in [3.05, 3.63) is 53.5 Å². The molecule has 0 saturated carbocycles. The Labute approximate surface area is 137 Å². The zero-order chi connectivity index (χ0) is 17.5. The Kier molecular flexibility index (Phi) is 5.41. The summed E-state index contributed by atoms with van der Waals surface area (Å²) < 4.78 is 18.3. The highest BCUT2D eigenvalue weighted by Gasteiger charge is 2.15. The van der Waals surface area contributed by atoms with Crippen molar-refractivity contribution in [1.82, 2.24) is 10.3 Å². The van der Waals surface area contributed by atoms with E-state index < -0.39 is 17.6 Å². The van der Waals surface area contributed by atoms with Crippen molar-refractivity contribution in [2.24, 2.45) is 0 Å². The fourth-order valence-corrected chi connectivity index (χ4v) is 1.87. The van der Waals surface area contributed by atoms with E-state index in [2.05, 4.69) is 15.6 Å². The van der Waals surface area contributed by atoms with Gasteiger partial charge in [-0.1, -0.05) is 6.07 Å². The molecule has 2 N–H and O–H groups in total. The highest BCUT2D eigenvalue weighted by Crippen LogP contribution is 2.14. The maximum atomic E-state index is 13.2. The number of hydrogen-bond acceptors (Lipinski definition) is 5. The molecule has 2 rings (SSSR count). The Morgan fingerprint density at radius 3 is 2.83 bits per heavy atom. The molecular weight excluding hydrogens is 315 g/mol. The lowest BCUT2D eigenvalue weighted by atomic mass is 10.2. The minimum absolute atomic E-state index is 0.0517. The lowest BCUT2D eigenvalue weighted by molar-refractivity contribution is -0.136. The molecule has 24 heavy (non-hydrogen) atoms. The smallest absolute Gasteiger partial charge is 0.313 e. The molecule has 122 valence electrons. The molecule has 1 aromatic carbocycles. The molecule has 0 bridgehead atoms. The third-order valence-corrected chi connectivity index (χ3v) is 3.03. The Morgan fingerprint density at radius 2 is 2.12 bits per heavy atom. The van der Waals surface area contributed by atoms with E-state index >= 15 is 0 Å². The summed E-state index contributed by atoms with van der Waals surface area (Å²) in [7, 11) is 1.45. The number of methoxy groups -OCH3 is 1. The minimum Gasteiger partial charge on any atom is -0.481 e. The Bertz CT molecular complexity index is 817. The number of nitriles is 1. The number of aromatic nitrogens is 1. The van der Waals surface area contributed by atoms with E-state index in [-0.39, 0.29) is 17.8 Å².